The number of tetrazole rings is 1. The lowest BCUT2D eigenvalue weighted by Gasteiger charge is -1.93. The highest BCUT2D eigenvalue weighted by Crippen LogP contribution is 2.08. The van der Waals surface area contributed by atoms with Gasteiger partial charge in [-0.25, -0.2) is 9.97 Å². The molecular weight excluding hydrogens is 170 g/mol. The fourth-order valence-electron chi connectivity index (χ4n) is 0.885. The van der Waals surface area contributed by atoms with E-state index in [1.807, 2.05) is 0 Å². The zero-order chi connectivity index (χ0) is 9.26. The van der Waals surface area contributed by atoms with Crippen LogP contribution in [0.25, 0.3) is 11.5 Å². The van der Waals surface area contributed by atoms with Gasteiger partial charge in [0.1, 0.15) is 5.69 Å². The van der Waals surface area contributed by atoms with Gasteiger partial charge in [0, 0.05) is 6.20 Å². The average Bonchev–Trinajstić information content (AvgIpc) is 2.52. The average molecular weight is 177 g/mol. The second-order valence-electron chi connectivity index (χ2n) is 2.40. The summed E-state index contributed by atoms with van der Waals surface area (Å²) in [6.45, 7) is 0. The van der Waals surface area contributed by atoms with Gasteiger partial charge in [0.05, 0.1) is 7.05 Å². The first-order valence-corrected chi connectivity index (χ1v) is 3.58. The molecule has 0 aromatic carbocycles. The van der Waals surface area contributed by atoms with E-state index in [1.165, 1.54) is 4.80 Å². The van der Waals surface area contributed by atoms with E-state index in [2.05, 4.69) is 25.4 Å². The summed E-state index contributed by atoms with van der Waals surface area (Å²) in [5.74, 6) is 0.640. The van der Waals surface area contributed by atoms with Gasteiger partial charge in [-0.05, 0) is 11.3 Å². The van der Waals surface area contributed by atoms with Gasteiger partial charge in [-0.15, -0.1) is 10.2 Å². The Balaban J connectivity index is 2.46. The van der Waals surface area contributed by atoms with Gasteiger partial charge in [0.15, 0.2) is 0 Å². The minimum atomic E-state index is 0.199. The van der Waals surface area contributed by atoms with E-state index in [1.54, 1.807) is 19.3 Å². The molecule has 7 heteroatoms. The van der Waals surface area contributed by atoms with Crippen molar-refractivity contribution in [3.05, 3.63) is 12.3 Å². The summed E-state index contributed by atoms with van der Waals surface area (Å²) >= 11 is 0. The second kappa shape index (κ2) is 2.77. The van der Waals surface area contributed by atoms with Gasteiger partial charge in [-0.1, -0.05) is 0 Å². The molecule has 2 heterocycles. The van der Waals surface area contributed by atoms with Crippen molar-refractivity contribution in [2.24, 2.45) is 7.05 Å². The fourth-order valence-corrected chi connectivity index (χ4v) is 0.885. The third kappa shape index (κ3) is 1.43. The van der Waals surface area contributed by atoms with Crippen molar-refractivity contribution in [2.45, 2.75) is 0 Å². The van der Waals surface area contributed by atoms with Crippen LogP contribution in [0.15, 0.2) is 12.3 Å². The number of hydrogen-bond donors (Lipinski definition) is 1. The van der Waals surface area contributed by atoms with E-state index < -0.39 is 0 Å². The number of nitrogens with two attached hydrogens (primary N) is 1. The van der Waals surface area contributed by atoms with Crippen LogP contribution in [0.5, 0.6) is 0 Å². The Morgan fingerprint density at radius 3 is 2.92 bits per heavy atom. The molecule has 2 aromatic heterocycles. The van der Waals surface area contributed by atoms with Crippen LogP contribution < -0.4 is 5.73 Å². The first-order valence-electron chi connectivity index (χ1n) is 3.58. The van der Waals surface area contributed by atoms with Gasteiger partial charge in [-0.3, -0.25) is 0 Å². The molecular formula is C6H7N7. The molecule has 0 unspecified atom stereocenters. The van der Waals surface area contributed by atoms with Crippen LogP contribution >= 0.6 is 0 Å². The SMILES string of the molecule is Cn1nnc(-c2ccnc(N)n2)n1. The van der Waals surface area contributed by atoms with Crippen molar-refractivity contribution in [1.29, 1.82) is 0 Å². The van der Waals surface area contributed by atoms with E-state index in [0.717, 1.165) is 0 Å². The lowest BCUT2D eigenvalue weighted by Crippen LogP contribution is -1.96. The van der Waals surface area contributed by atoms with Gasteiger partial charge >= 0.3 is 0 Å². The standard InChI is InChI=1S/C6H7N7/c1-13-11-5(10-12-13)4-2-3-8-6(7)9-4/h2-3H,1H3,(H2,7,8,9). The fraction of sp³-hybridized carbons (Fsp3) is 0.167. The number of nitrogens with zero attached hydrogens (tertiary/aromatic N) is 6. The molecule has 0 aliphatic heterocycles. The second-order valence-corrected chi connectivity index (χ2v) is 2.40. The third-order valence-corrected chi connectivity index (χ3v) is 1.41. The van der Waals surface area contributed by atoms with Crippen LogP contribution in [0.2, 0.25) is 0 Å². The molecule has 0 amide bonds. The largest absolute Gasteiger partial charge is 0.368 e. The number of aromatic nitrogens is 6. The van der Waals surface area contributed by atoms with Crippen LogP contribution in [0.3, 0.4) is 0 Å². The normalized spacial score (nSPS) is 10.2. The summed E-state index contributed by atoms with van der Waals surface area (Å²) < 4.78 is 0. The number of rotatable bonds is 1. The number of aryl methyl sites for hydroxylation is 1. The molecule has 0 aliphatic carbocycles. The maximum Gasteiger partial charge on any atom is 0.223 e. The van der Waals surface area contributed by atoms with Crippen molar-refractivity contribution < 1.29 is 0 Å². The molecule has 0 atom stereocenters. The highest BCUT2D eigenvalue weighted by molar-refractivity contribution is 5.48. The van der Waals surface area contributed by atoms with E-state index in [0.29, 0.717) is 11.5 Å². The summed E-state index contributed by atoms with van der Waals surface area (Å²) in [6, 6.07) is 1.67. The number of anilines is 1. The van der Waals surface area contributed by atoms with E-state index in [-0.39, 0.29) is 5.95 Å². The number of nitrogen functional groups attached to an aromatic ring is 1. The molecule has 0 spiro atoms. The molecule has 0 radical (unpaired) electrons. The van der Waals surface area contributed by atoms with Crippen molar-refractivity contribution in [3.8, 4) is 11.5 Å². The lowest BCUT2D eigenvalue weighted by atomic mass is 10.4. The summed E-state index contributed by atoms with van der Waals surface area (Å²) in [5.41, 5.74) is 5.97. The highest BCUT2D eigenvalue weighted by Gasteiger charge is 2.05. The zero-order valence-electron chi connectivity index (χ0n) is 6.92. The van der Waals surface area contributed by atoms with E-state index in [4.69, 9.17) is 5.73 Å². The Hall–Kier alpha value is -2.05. The third-order valence-electron chi connectivity index (χ3n) is 1.41. The van der Waals surface area contributed by atoms with Gasteiger partial charge < -0.3 is 5.73 Å². The molecule has 0 saturated carbocycles. The van der Waals surface area contributed by atoms with E-state index >= 15 is 0 Å². The van der Waals surface area contributed by atoms with Crippen molar-refractivity contribution in [3.63, 3.8) is 0 Å². The molecule has 2 aromatic rings. The lowest BCUT2D eigenvalue weighted by molar-refractivity contribution is 0.630. The van der Waals surface area contributed by atoms with Crippen molar-refractivity contribution in [1.82, 2.24) is 30.2 Å². The molecule has 7 nitrogen and oxygen atoms in total. The molecule has 0 aliphatic rings. The first kappa shape index (κ1) is 7.59. The smallest absolute Gasteiger partial charge is 0.223 e. The maximum atomic E-state index is 5.40. The Labute approximate surface area is 73.6 Å². The minimum absolute atomic E-state index is 0.199. The predicted octanol–water partition coefficient (Wildman–Crippen LogP) is -0.751. The Morgan fingerprint density at radius 1 is 1.46 bits per heavy atom. The maximum absolute atomic E-state index is 5.40. The van der Waals surface area contributed by atoms with Crippen LogP contribution in [0.1, 0.15) is 0 Å². The topological polar surface area (TPSA) is 95.4 Å². The molecule has 0 bridgehead atoms. The quantitative estimate of drug-likeness (QED) is 0.615. The van der Waals surface area contributed by atoms with Crippen LogP contribution in [-0.4, -0.2) is 30.2 Å². The molecule has 2 rings (SSSR count). The predicted molar refractivity (Wildman–Crippen MR) is 44.2 cm³/mol. The summed E-state index contributed by atoms with van der Waals surface area (Å²) in [7, 11) is 1.68. The van der Waals surface area contributed by atoms with E-state index in [9.17, 15) is 0 Å². The van der Waals surface area contributed by atoms with Crippen LogP contribution in [0.4, 0.5) is 5.95 Å². The van der Waals surface area contributed by atoms with Gasteiger partial charge in [-0.2, -0.15) is 4.80 Å². The molecule has 2 N–H and O–H groups in total. The van der Waals surface area contributed by atoms with Crippen LogP contribution in [-0.2, 0) is 7.05 Å². The monoisotopic (exact) mass is 177 g/mol. The highest BCUT2D eigenvalue weighted by atomic mass is 15.6. The molecule has 0 saturated heterocycles. The zero-order valence-corrected chi connectivity index (χ0v) is 6.92. The summed E-state index contributed by atoms with van der Waals surface area (Å²) in [4.78, 5) is 9.06. The summed E-state index contributed by atoms with van der Waals surface area (Å²) in [6.07, 6.45) is 1.55. The molecule has 0 fully saturated rings. The Bertz CT molecular complexity index is 420. The minimum Gasteiger partial charge on any atom is -0.368 e. The molecule has 66 valence electrons. The first-order chi connectivity index (χ1) is 6.25. The Kier molecular flexibility index (Phi) is 1.62. The Morgan fingerprint density at radius 2 is 2.31 bits per heavy atom. The molecule has 13 heavy (non-hydrogen) atoms. The van der Waals surface area contributed by atoms with Crippen molar-refractivity contribution >= 4 is 5.95 Å². The number of hydrogen-bond acceptors (Lipinski definition) is 6. The van der Waals surface area contributed by atoms with Gasteiger partial charge in [0.25, 0.3) is 0 Å². The van der Waals surface area contributed by atoms with Crippen molar-refractivity contribution in [2.75, 3.05) is 5.73 Å². The van der Waals surface area contributed by atoms with Crippen LogP contribution in [0, 0.1) is 0 Å². The summed E-state index contributed by atoms with van der Waals surface area (Å²) in [5, 5.41) is 11.4. The van der Waals surface area contributed by atoms with Gasteiger partial charge in [0.2, 0.25) is 11.8 Å².